The number of nitrogens with one attached hydrogen (secondary N) is 2. The topological polar surface area (TPSA) is 68.2 Å². The highest BCUT2D eigenvalue weighted by molar-refractivity contribution is 6.30. The van der Waals surface area contributed by atoms with E-state index in [-0.39, 0.29) is 12.1 Å². The Morgan fingerprint density at radius 1 is 1.17 bits per heavy atom. The Labute approximate surface area is 175 Å². The molecule has 0 saturated carbocycles. The van der Waals surface area contributed by atoms with Gasteiger partial charge in [0.1, 0.15) is 17.6 Å². The van der Waals surface area contributed by atoms with Crippen molar-refractivity contribution < 1.29 is 9.53 Å². The molecular formula is C22H25ClN4O2. The van der Waals surface area contributed by atoms with Gasteiger partial charge < -0.3 is 19.9 Å². The van der Waals surface area contributed by atoms with E-state index in [1.54, 1.807) is 25.4 Å². The standard InChI is InChI=1S/C22H25ClN4O2/c1-14-5-10-19(29-4)18(13-14)15(2)25-22(28)26-20(21-24-11-12-27(21)3)16-6-8-17(23)9-7-16/h5-13,15,20H,1-4H3,(H2,25,26,28)/t15-,20+/m0/s1. The Bertz CT molecular complexity index is 985. The molecule has 7 heteroatoms. The summed E-state index contributed by atoms with van der Waals surface area (Å²) < 4.78 is 7.32. The molecule has 6 nitrogen and oxygen atoms in total. The molecule has 2 amide bonds. The molecule has 0 radical (unpaired) electrons. The lowest BCUT2D eigenvalue weighted by Crippen LogP contribution is -2.40. The number of imidazole rings is 1. The smallest absolute Gasteiger partial charge is 0.316 e. The highest BCUT2D eigenvalue weighted by Crippen LogP contribution is 2.27. The van der Waals surface area contributed by atoms with Crippen molar-refractivity contribution >= 4 is 17.6 Å². The molecule has 1 aromatic heterocycles. The van der Waals surface area contributed by atoms with Crippen LogP contribution in [0.5, 0.6) is 5.75 Å². The van der Waals surface area contributed by atoms with Crippen LogP contribution in [0.3, 0.4) is 0 Å². The van der Waals surface area contributed by atoms with Gasteiger partial charge >= 0.3 is 6.03 Å². The van der Waals surface area contributed by atoms with Gasteiger partial charge in [-0.25, -0.2) is 9.78 Å². The van der Waals surface area contributed by atoms with Crippen molar-refractivity contribution in [3.8, 4) is 5.75 Å². The maximum atomic E-state index is 12.8. The van der Waals surface area contributed by atoms with E-state index < -0.39 is 6.04 Å². The van der Waals surface area contributed by atoms with Crippen LogP contribution in [0.15, 0.2) is 54.9 Å². The number of hydrogen-bond acceptors (Lipinski definition) is 3. The summed E-state index contributed by atoms with van der Waals surface area (Å²) in [5.41, 5.74) is 2.91. The molecule has 0 unspecified atom stereocenters. The Morgan fingerprint density at radius 3 is 2.52 bits per heavy atom. The summed E-state index contributed by atoms with van der Waals surface area (Å²) >= 11 is 6.02. The number of halogens is 1. The van der Waals surface area contributed by atoms with E-state index in [0.29, 0.717) is 5.02 Å². The highest BCUT2D eigenvalue weighted by atomic mass is 35.5. The third kappa shape index (κ3) is 4.90. The summed E-state index contributed by atoms with van der Waals surface area (Å²) in [5.74, 6) is 1.46. The molecule has 0 saturated heterocycles. The monoisotopic (exact) mass is 412 g/mol. The Morgan fingerprint density at radius 2 is 1.90 bits per heavy atom. The summed E-state index contributed by atoms with van der Waals surface area (Å²) in [6.45, 7) is 3.93. The van der Waals surface area contributed by atoms with Crippen LogP contribution in [-0.4, -0.2) is 22.7 Å². The lowest BCUT2D eigenvalue weighted by Gasteiger charge is -2.22. The number of ether oxygens (including phenoxy) is 1. The molecule has 0 aliphatic rings. The Hall–Kier alpha value is -2.99. The summed E-state index contributed by atoms with van der Waals surface area (Å²) in [5, 5.41) is 6.67. The molecule has 2 aromatic carbocycles. The first-order chi connectivity index (χ1) is 13.9. The SMILES string of the molecule is COc1ccc(C)cc1[C@H](C)NC(=O)N[C@H](c1ccc(Cl)cc1)c1nccn1C. The lowest BCUT2D eigenvalue weighted by molar-refractivity contribution is 0.235. The third-order valence-electron chi connectivity index (χ3n) is 4.79. The quantitative estimate of drug-likeness (QED) is 0.624. The number of methoxy groups -OCH3 is 1. The number of nitrogens with zero attached hydrogens (tertiary/aromatic N) is 2. The minimum atomic E-state index is -0.418. The van der Waals surface area contributed by atoms with Crippen LogP contribution in [0.25, 0.3) is 0 Å². The van der Waals surface area contributed by atoms with Gasteiger partial charge in [0.05, 0.1) is 13.2 Å². The molecule has 0 bridgehead atoms. The number of aromatic nitrogens is 2. The van der Waals surface area contributed by atoms with Crippen molar-refractivity contribution in [3.63, 3.8) is 0 Å². The van der Waals surface area contributed by atoms with Crippen molar-refractivity contribution in [3.05, 3.63) is 82.4 Å². The van der Waals surface area contributed by atoms with Crippen molar-refractivity contribution in [1.29, 1.82) is 0 Å². The predicted octanol–water partition coefficient (Wildman–Crippen LogP) is 4.54. The maximum Gasteiger partial charge on any atom is 0.316 e. The van der Waals surface area contributed by atoms with E-state index in [9.17, 15) is 4.79 Å². The van der Waals surface area contributed by atoms with Crippen LogP contribution in [0.1, 0.15) is 41.5 Å². The maximum absolute atomic E-state index is 12.8. The van der Waals surface area contributed by atoms with Crippen molar-refractivity contribution in [2.24, 2.45) is 7.05 Å². The number of aryl methyl sites for hydroxylation is 2. The van der Waals surface area contributed by atoms with Crippen molar-refractivity contribution in [2.75, 3.05) is 7.11 Å². The van der Waals surface area contributed by atoms with E-state index >= 15 is 0 Å². The molecule has 0 aliphatic carbocycles. The second-order valence-corrected chi connectivity index (χ2v) is 7.40. The van der Waals surface area contributed by atoms with Gasteiger partial charge in [-0.2, -0.15) is 0 Å². The fourth-order valence-corrected chi connectivity index (χ4v) is 3.37. The number of carbonyl (C=O) groups excluding carboxylic acids is 1. The molecule has 0 fully saturated rings. The Balaban J connectivity index is 1.81. The second-order valence-electron chi connectivity index (χ2n) is 6.97. The fraction of sp³-hybridized carbons (Fsp3) is 0.273. The first kappa shape index (κ1) is 20.7. The fourth-order valence-electron chi connectivity index (χ4n) is 3.25. The third-order valence-corrected chi connectivity index (χ3v) is 5.05. The van der Waals surface area contributed by atoms with E-state index in [4.69, 9.17) is 16.3 Å². The summed E-state index contributed by atoms with van der Waals surface area (Å²) in [6, 6.07) is 12.3. The summed E-state index contributed by atoms with van der Waals surface area (Å²) in [4.78, 5) is 17.3. The van der Waals surface area contributed by atoms with E-state index in [1.165, 1.54) is 0 Å². The highest BCUT2D eigenvalue weighted by Gasteiger charge is 2.22. The van der Waals surface area contributed by atoms with Gasteiger partial charge in [-0.3, -0.25) is 0 Å². The summed E-state index contributed by atoms with van der Waals surface area (Å²) in [7, 11) is 3.52. The van der Waals surface area contributed by atoms with E-state index in [2.05, 4.69) is 15.6 Å². The van der Waals surface area contributed by atoms with Crippen molar-refractivity contribution in [1.82, 2.24) is 20.2 Å². The zero-order valence-corrected chi connectivity index (χ0v) is 17.7. The molecule has 0 aliphatic heterocycles. The molecule has 2 N–H and O–H groups in total. The molecule has 1 heterocycles. The predicted molar refractivity (Wildman–Crippen MR) is 114 cm³/mol. The first-order valence-corrected chi connectivity index (χ1v) is 9.71. The van der Waals surface area contributed by atoms with Gasteiger partial charge in [0.15, 0.2) is 0 Å². The van der Waals surface area contributed by atoms with Crippen LogP contribution in [0.2, 0.25) is 5.02 Å². The minimum absolute atomic E-state index is 0.239. The normalized spacial score (nSPS) is 12.9. The molecule has 2 atom stereocenters. The molecule has 3 aromatic rings. The molecular weight excluding hydrogens is 388 g/mol. The number of urea groups is 1. The average Bonchev–Trinajstić information content (AvgIpc) is 3.12. The number of carbonyl (C=O) groups is 1. The number of rotatable bonds is 6. The largest absolute Gasteiger partial charge is 0.496 e. The van der Waals surface area contributed by atoms with Crippen LogP contribution < -0.4 is 15.4 Å². The van der Waals surface area contributed by atoms with Crippen molar-refractivity contribution in [2.45, 2.75) is 25.9 Å². The second kappa shape index (κ2) is 9.01. The number of benzene rings is 2. The first-order valence-electron chi connectivity index (χ1n) is 9.33. The summed E-state index contributed by atoms with van der Waals surface area (Å²) in [6.07, 6.45) is 3.55. The minimum Gasteiger partial charge on any atom is -0.496 e. The zero-order valence-electron chi connectivity index (χ0n) is 16.9. The van der Waals surface area contributed by atoms with Crippen LogP contribution in [0.4, 0.5) is 4.79 Å². The molecule has 152 valence electrons. The molecule has 29 heavy (non-hydrogen) atoms. The van der Waals surface area contributed by atoms with Crippen LogP contribution >= 0.6 is 11.6 Å². The lowest BCUT2D eigenvalue weighted by atomic mass is 10.0. The molecule has 0 spiro atoms. The number of amides is 2. The Kier molecular flexibility index (Phi) is 6.44. The number of hydrogen-bond donors (Lipinski definition) is 2. The van der Waals surface area contributed by atoms with Crippen LogP contribution in [-0.2, 0) is 7.05 Å². The van der Waals surface area contributed by atoms with Gasteiger partial charge in [0, 0.05) is 30.0 Å². The van der Waals surface area contributed by atoms with Gasteiger partial charge in [-0.15, -0.1) is 0 Å². The van der Waals surface area contributed by atoms with Gasteiger partial charge in [-0.05, 0) is 37.6 Å². The zero-order chi connectivity index (χ0) is 21.0. The van der Waals surface area contributed by atoms with Crippen LogP contribution in [0, 0.1) is 6.92 Å². The van der Waals surface area contributed by atoms with Gasteiger partial charge in [0.25, 0.3) is 0 Å². The molecule has 3 rings (SSSR count). The van der Waals surface area contributed by atoms with E-state index in [0.717, 1.165) is 28.3 Å². The average molecular weight is 413 g/mol. The van der Waals surface area contributed by atoms with E-state index in [1.807, 2.05) is 62.0 Å². The van der Waals surface area contributed by atoms with Gasteiger partial charge in [-0.1, -0.05) is 41.4 Å². The van der Waals surface area contributed by atoms with Gasteiger partial charge in [0.2, 0.25) is 0 Å².